The van der Waals surface area contributed by atoms with E-state index in [2.05, 4.69) is 51.3 Å². The van der Waals surface area contributed by atoms with Crippen LogP contribution in [0.4, 0.5) is 0 Å². The predicted octanol–water partition coefficient (Wildman–Crippen LogP) is 4.50. The molecule has 0 aliphatic rings. The largest absolute Gasteiger partial charge is 0.361 e. The zero-order valence-corrected chi connectivity index (χ0v) is 20.6. The van der Waals surface area contributed by atoms with Gasteiger partial charge in [-0.1, -0.05) is 42.4 Å². The number of rotatable bonds is 7. The van der Waals surface area contributed by atoms with E-state index in [-0.39, 0.29) is 29.9 Å². The van der Waals surface area contributed by atoms with E-state index < -0.39 is 0 Å². The second-order valence-electron chi connectivity index (χ2n) is 7.30. The summed E-state index contributed by atoms with van der Waals surface area (Å²) in [6.45, 7) is 10.2. The van der Waals surface area contributed by atoms with Crippen molar-refractivity contribution in [2.75, 3.05) is 20.1 Å². The molecule has 0 radical (unpaired) electrons. The number of hydrogen-bond donors (Lipinski definition) is 2. The van der Waals surface area contributed by atoms with Crippen LogP contribution in [0.5, 0.6) is 0 Å². The molecule has 0 saturated heterocycles. The number of guanidine groups is 1. The molecule has 0 amide bonds. The zero-order valence-electron chi connectivity index (χ0n) is 18.3. The molecule has 1 atom stereocenters. The monoisotopic (exact) mass is 522 g/mol. The Kier molecular flexibility index (Phi) is 8.88. The highest BCUT2D eigenvalue weighted by atomic mass is 127. The standard InChI is InChI=1S/C22H30N6O.HI/c1-6-23-22(25-12-15(2)21-16(3)27-29-17(21)4)28(5)14-20-24-13-19(26-20)18-10-8-7-9-11-18;/h7-11,13,15H,6,12,14H2,1-5H3,(H,23,25)(H,24,26);1H. The molecule has 2 N–H and O–H groups in total. The molecule has 2 heterocycles. The quantitative estimate of drug-likeness (QED) is 0.271. The van der Waals surface area contributed by atoms with E-state index in [0.717, 1.165) is 46.6 Å². The van der Waals surface area contributed by atoms with E-state index >= 15 is 0 Å². The van der Waals surface area contributed by atoms with Crippen molar-refractivity contribution in [1.82, 2.24) is 25.3 Å². The molecule has 0 aliphatic heterocycles. The number of hydrogen-bond acceptors (Lipinski definition) is 4. The van der Waals surface area contributed by atoms with Crippen molar-refractivity contribution in [3.63, 3.8) is 0 Å². The van der Waals surface area contributed by atoms with Crippen molar-refractivity contribution in [2.24, 2.45) is 4.99 Å². The van der Waals surface area contributed by atoms with Crippen LogP contribution in [0.3, 0.4) is 0 Å². The minimum absolute atomic E-state index is 0. The second-order valence-corrected chi connectivity index (χ2v) is 7.30. The van der Waals surface area contributed by atoms with Gasteiger partial charge in [-0.15, -0.1) is 24.0 Å². The van der Waals surface area contributed by atoms with Crippen LogP contribution in [-0.2, 0) is 6.54 Å². The summed E-state index contributed by atoms with van der Waals surface area (Å²) in [6.07, 6.45) is 1.88. The van der Waals surface area contributed by atoms with E-state index in [0.29, 0.717) is 13.1 Å². The Balaban J connectivity index is 0.00000320. The highest BCUT2D eigenvalue weighted by Gasteiger charge is 2.17. The van der Waals surface area contributed by atoms with Gasteiger partial charge in [-0.25, -0.2) is 4.98 Å². The van der Waals surface area contributed by atoms with Crippen molar-refractivity contribution >= 4 is 29.9 Å². The van der Waals surface area contributed by atoms with Gasteiger partial charge in [0.05, 0.1) is 24.1 Å². The molecule has 0 aliphatic carbocycles. The van der Waals surface area contributed by atoms with Gasteiger partial charge in [-0.3, -0.25) is 4.99 Å². The average molecular weight is 522 g/mol. The molecular weight excluding hydrogens is 491 g/mol. The highest BCUT2D eigenvalue weighted by Crippen LogP contribution is 2.23. The summed E-state index contributed by atoms with van der Waals surface area (Å²) in [5.41, 5.74) is 4.23. The van der Waals surface area contributed by atoms with E-state index in [1.807, 2.05) is 45.3 Å². The summed E-state index contributed by atoms with van der Waals surface area (Å²) >= 11 is 0. The lowest BCUT2D eigenvalue weighted by Gasteiger charge is -2.21. The number of imidazole rings is 1. The van der Waals surface area contributed by atoms with Gasteiger partial charge in [0.2, 0.25) is 0 Å². The van der Waals surface area contributed by atoms with Crippen LogP contribution in [0, 0.1) is 13.8 Å². The summed E-state index contributed by atoms with van der Waals surface area (Å²) in [5, 5.41) is 7.42. The Hall–Kier alpha value is -2.36. The van der Waals surface area contributed by atoms with Crippen LogP contribution in [0.25, 0.3) is 11.3 Å². The first-order valence-electron chi connectivity index (χ1n) is 10.0. The van der Waals surface area contributed by atoms with E-state index in [4.69, 9.17) is 9.52 Å². The molecule has 3 rings (SSSR count). The van der Waals surface area contributed by atoms with E-state index in [9.17, 15) is 0 Å². The summed E-state index contributed by atoms with van der Waals surface area (Å²) in [6, 6.07) is 10.2. The third-order valence-corrected chi connectivity index (χ3v) is 4.89. The molecule has 0 bridgehead atoms. The van der Waals surface area contributed by atoms with Crippen molar-refractivity contribution in [1.29, 1.82) is 0 Å². The number of aromatic amines is 1. The number of nitrogens with one attached hydrogen (secondary N) is 2. The molecule has 0 spiro atoms. The maximum atomic E-state index is 5.30. The molecule has 2 aromatic heterocycles. The molecule has 1 unspecified atom stereocenters. The molecule has 0 fully saturated rings. The maximum Gasteiger partial charge on any atom is 0.194 e. The summed E-state index contributed by atoms with van der Waals surface area (Å²) in [7, 11) is 2.02. The van der Waals surface area contributed by atoms with Crippen LogP contribution in [0.1, 0.15) is 42.6 Å². The van der Waals surface area contributed by atoms with E-state index in [1.165, 1.54) is 0 Å². The molecule has 30 heavy (non-hydrogen) atoms. The van der Waals surface area contributed by atoms with Gasteiger partial charge < -0.3 is 19.7 Å². The Morgan fingerprint density at radius 2 is 2.00 bits per heavy atom. The fourth-order valence-corrected chi connectivity index (χ4v) is 3.48. The normalized spacial score (nSPS) is 12.4. The Morgan fingerprint density at radius 3 is 2.63 bits per heavy atom. The van der Waals surface area contributed by atoms with Crippen molar-refractivity contribution in [3.05, 3.63) is 59.4 Å². The first kappa shape index (κ1) is 23.9. The summed E-state index contributed by atoms with van der Waals surface area (Å²) in [5.74, 6) is 2.85. The second kappa shape index (κ2) is 11.1. The zero-order chi connectivity index (χ0) is 20.8. The van der Waals surface area contributed by atoms with Gasteiger partial charge in [0.1, 0.15) is 11.6 Å². The molecule has 162 valence electrons. The molecular formula is C22H31IN6O. The lowest BCUT2D eigenvalue weighted by molar-refractivity contribution is 0.391. The third kappa shape index (κ3) is 5.84. The topological polar surface area (TPSA) is 82.3 Å². The van der Waals surface area contributed by atoms with Crippen LogP contribution < -0.4 is 5.32 Å². The molecule has 8 heteroatoms. The molecule has 3 aromatic rings. The van der Waals surface area contributed by atoms with Gasteiger partial charge in [0.25, 0.3) is 0 Å². The fraction of sp³-hybridized carbons (Fsp3) is 0.409. The van der Waals surface area contributed by atoms with Crippen LogP contribution in [0.2, 0.25) is 0 Å². The first-order valence-corrected chi connectivity index (χ1v) is 10.0. The Bertz CT molecular complexity index is 930. The van der Waals surface area contributed by atoms with Crippen LogP contribution in [-0.4, -0.2) is 46.1 Å². The smallest absolute Gasteiger partial charge is 0.194 e. The fourth-order valence-electron chi connectivity index (χ4n) is 3.48. The molecule has 0 saturated carbocycles. The van der Waals surface area contributed by atoms with Gasteiger partial charge in [0.15, 0.2) is 5.96 Å². The van der Waals surface area contributed by atoms with Gasteiger partial charge in [0, 0.05) is 31.6 Å². The molecule has 7 nitrogen and oxygen atoms in total. The lowest BCUT2D eigenvalue weighted by Crippen LogP contribution is -2.39. The van der Waals surface area contributed by atoms with Crippen molar-refractivity contribution in [3.8, 4) is 11.3 Å². The van der Waals surface area contributed by atoms with Crippen LogP contribution in [0.15, 0.2) is 46.0 Å². The van der Waals surface area contributed by atoms with Crippen LogP contribution >= 0.6 is 24.0 Å². The number of aryl methyl sites for hydroxylation is 2. The number of H-pyrrole nitrogens is 1. The van der Waals surface area contributed by atoms with Gasteiger partial charge in [-0.05, 0) is 26.3 Å². The van der Waals surface area contributed by atoms with Gasteiger partial charge in [-0.2, -0.15) is 0 Å². The minimum Gasteiger partial charge on any atom is -0.361 e. The number of aliphatic imine (C=N–C) groups is 1. The Morgan fingerprint density at radius 1 is 1.27 bits per heavy atom. The maximum absolute atomic E-state index is 5.30. The number of halogens is 1. The van der Waals surface area contributed by atoms with Crippen molar-refractivity contribution in [2.45, 2.75) is 40.2 Å². The predicted molar refractivity (Wildman–Crippen MR) is 131 cm³/mol. The SMILES string of the molecule is CCNC(=NCC(C)c1c(C)noc1C)N(C)Cc1ncc(-c2ccccc2)[nH]1.I. The average Bonchev–Trinajstić information content (AvgIpc) is 3.31. The highest BCUT2D eigenvalue weighted by molar-refractivity contribution is 14.0. The van der Waals surface area contributed by atoms with Gasteiger partial charge >= 0.3 is 0 Å². The first-order chi connectivity index (χ1) is 14.0. The van der Waals surface area contributed by atoms with Crippen molar-refractivity contribution < 1.29 is 4.52 Å². The minimum atomic E-state index is 0. The Labute approximate surface area is 195 Å². The number of benzene rings is 1. The number of aromatic nitrogens is 3. The van der Waals surface area contributed by atoms with E-state index in [1.54, 1.807) is 0 Å². The summed E-state index contributed by atoms with van der Waals surface area (Å²) in [4.78, 5) is 14.9. The third-order valence-electron chi connectivity index (χ3n) is 4.89. The number of nitrogens with zero attached hydrogens (tertiary/aromatic N) is 4. The molecule has 1 aromatic carbocycles. The summed E-state index contributed by atoms with van der Waals surface area (Å²) < 4.78 is 5.30. The lowest BCUT2D eigenvalue weighted by atomic mass is 10.00.